The van der Waals surface area contributed by atoms with Gasteiger partial charge in [0.05, 0.1) is 6.61 Å². The molecule has 0 saturated carbocycles. The van der Waals surface area contributed by atoms with Crippen molar-refractivity contribution in [2.24, 2.45) is 4.99 Å². The van der Waals surface area contributed by atoms with Crippen molar-refractivity contribution in [1.29, 1.82) is 0 Å². The molecule has 0 atom stereocenters. The van der Waals surface area contributed by atoms with Crippen molar-refractivity contribution in [3.05, 3.63) is 35.4 Å². The molecule has 0 aliphatic rings. The highest BCUT2D eigenvalue weighted by molar-refractivity contribution is 14.0. The smallest absolute Gasteiger partial charge is 0.193 e. The van der Waals surface area contributed by atoms with Crippen LogP contribution >= 0.6 is 24.0 Å². The lowest BCUT2D eigenvalue weighted by atomic mass is 10.1. The van der Waals surface area contributed by atoms with Crippen LogP contribution in [0.15, 0.2) is 29.3 Å². The molecule has 1 aromatic carbocycles. The third-order valence-electron chi connectivity index (χ3n) is 3.70. The summed E-state index contributed by atoms with van der Waals surface area (Å²) in [6.07, 6.45) is 0. The molecule has 0 fully saturated rings. The van der Waals surface area contributed by atoms with E-state index in [1.54, 1.807) is 7.11 Å². The Morgan fingerprint density at radius 3 is 2.52 bits per heavy atom. The van der Waals surface area contributed by atoms with E-state index in [9.17, 15) is 0 Å². The normalized spacial score (nSPS) is 11.3. The lowest BCUT2D eigenvalue weighted by Gasteiger charge is -2.24. The summed E-state index contributed by atoms with van der Waals surface area (Å²) in [6.45, 7) is 6.52. The van der Waals surface area contributed by atoms with E-state index in [0.29, 0.717) is 0 Å². The molecule has 6 heteroatoms. The minimum Gasteiger partial charge on any atom is -0.383 e. The van der Waals surface area contributed by atoms with Gasteiger partial charge in [0.1, 0.15) is 0 Å². The second kappa shape index (κ2) is 12.5. The molecule has 0 unspecified atom stereocenters. The summed E-state index contributed by atoms with van der Waals surface area (Å²) >= 11 is 0. The number of rotatable bonds is 8. The van der Waals surface area contributed by atoms with Crippen molar-refractivity contribution < 1.29 is 4.74 Å². The molecule has 5 nitrogen and oxygen atoms in total. The Morgan fingerprint density at radius 2 is 1.91 bits per heavy atom. The molecule has 132 valence electrons. The number of aryl methyl sites for hydroxylation is 1. The van der Waals surface area contributed by atoms with Crippen LogP contribution in [0.2, 0.25) is 0 Å². The standard InChI is InChI=1S/C17H30N4O.HI/c1-15-8-6-7-9-16(15)14-21(4)17(18-2)19-10-11-20(3)12-13-22-5;/h6-9H,10-14H2,1-5H3,(H,18,19);1H. The molecule has 0 spiro atoms. The number of halogens is 1. The number of ether oxygens (including phenoxy) is 1. The molecule has 0 aliphatic carbocycles. The van der Waals surface area contributed by atoms with Crippen LogP contribution < -0.4 is 5.32 Å². The number of likely N-dealkylation sites (N-methyl/N-ethyl adjacent to an activating group) is 1. The summed E-state index contributed by atoms with van der Waals surface area (Å²) in [7, 11) is 7.72. The minimum absolute atomic E-state index is 0. The quantitative estimate of drug-likeness (QED) is 0.387. The van der Waals surface area contributed by atoms with Crippen LogP contribution in [0.5, 0.6) is 0 Å². The average molecular weight is 434 g/mol. The summed E-state index contributed by atoms with van der Waals surface area (Å²) in [5.41, 5.74) is 2.63. The van der Waals surface area contributed by atoms with Gasteiger partial charge in [-0.15, -0.1) is 24.0 Å². The van der Waals surface area contributed by atoms with Gasteiger partial charge in [-0.3, -0.25) is 4.99 Å². The molecule has 0 heterocycles. The molecule has 0 bridgehead atoms. The maximum Gasteiger partial charge on any atom is 0.193 e. The molecule has 0 radical (unpaired) electrons. The fraction of sp³-hybridized carbons (Fsp3) is 0.588. The molecule has 1 rings (SSSR count). The number of methoxy groups -OCH3 is 1. The number of guanidine groups is 1. The van der Waals surface area contributed by atoms with Crippen molar-refractivity contribution in [1.82, 2.24) is 15.1 Å². The van der Waals surface area contributed by atoms with E-state index in [0.717, 1.165) is 38.7 Å². The van der Waals surface area contributed by atoms with Gasteiger partial charge in [0.15, 0.2) is 5.96 Å². The zero-order valence-electron chi connectivity index (χ0n) is 15.0. The zero-order valence-corrected chi connectivity index (χ0v) is 17.3. The fourth-order valence-electron chi connectivity index (χ4n) is 2.22. The van der Waals surface area contributed by atoms with Crippen molar-refractivity contribution in [3.63, 3.8) is 0 Å². The van der Waals surface area contributed by atoms with Crippen LogP contribution in [0.1, 0.15) is 11.1 Å². The van der Waals surface area contributed by atoms with Gasteiger partial charge in [-0.1, -0.05) is 24.3 Å². The van der Waals surface area contributed by atoms with Gasteiger partial charge >= 0.3 is 0 Å². The maximum absolute atomic E-state index is 5.08. The third kappa shape index (κ3) is 8.53. The number of nitrogens with zero attached hydrogens (tertiary/aromatic N) is 3. The second-order valence-electron chi connectivity index (χ2n) is 5.55. The predicted molar refractivity (Wildman–Crippen MR) is 109 cm³/mol. The highest BCUT2D eigenvalue weighted by Gasteiger charge is 2.08. The molecule has 1 N–H and O–H groups in total. The molecule has 1 aromatic rings. The summed E-state index contributed by atoms with van der Waals surface area (Å²) < 4.78 is 5.08. The first-order chi connectivity index (χ1) is 10.6. The number of hydrogen-bond donors (Lipinski definition) is 1. The van der Waals surface area contributed by atoms with Crippen LogP contribution in [-0.2, 0) is 11.3 Å². The Morgan fingerprint density at radius 1 is 1.22 bits per heavy atom. The van der Waals surface area contributed by atoms with E-state index in [2.05, 4.69) is 65.4 Å². The fourth-order valence-corrected chi connectivity index (χ4v) is 2.22. The Balaban J connectivity index is 0.00000484. The van der Waals surface area contributed by atoms with E-state index in [1.807, 2.05) is 7.05 Å². The van der Waals surface area contributed by atoms with Crippen LogP contribution in [0.3, 0.4) is 0 Å². The van der Waals surface area contributed by atoms with Crippen LogP contribution in [0.4, 0.5) is 0 Å². The largest absolute Gasteiger partial charge is 0.383 e. The van der Waals surface area contributed by atoms with Gasteiger partial charge in [0, 0.05) is 47.4 Å². The van der Waals surface area contributed by atoms with Gasteiger partial charge in [0.25, 0.3) is 0 Å². The van der Waals surface area contributed by atoms with Gasteiger partial charge < -0.3 is 19.9 Å². The van der Waals surface area contributed by atoms with Crippen molar-refractivity contribution in [2.45, 2.75) is 13.5 Å². The lowest BCUT2D eigenvalue weighted by molar-refractivity contribution is 0.162. The Labute approximate surface area is 158 Å². The minimum atomic E-state index is 0. The summed E-state index contributed by atoms with van der Waals surface area (Å²) in [4.78, 5) is 8.75. The first kappa shape index (κ1) is 22.1. The average Bonchev–Trinajstić information content (AvgIpc) is 2.51. The molecular formula is C17H31IN4O. The van der Waals surface area contributed by atoms with Crippen molar-refractivity contribution in [2.75, 3.05) is 54.5 Å². The molecular weight excluding hydrogens is 403 g/mol. The van der Waals surface area contributed by atoms with Crippen LogP contribution in [0, 0.1) is 6.92 Å². The summed E-state index contributed by atoms with van der Waals surface area (Å²) in [5.74, 6) is 0.920. The highest BCUT2D eigenvalue weighted by atomic mass is 127. The van der Waals surface area contributed by atoms with Crippen molar-refractivity contribution >= 4 is 29.9 Å². The number of nitrogens with one attached hydrogen (secondary N) is 1. The summed E-state index contributed by atoms with van der Waals surface area (Å²) in [5, 5.41) is 3.41. The van der Waals surface area contributed by atoms with Gasteiger partial charge in [-0.25, -0.2) is 0 Å². The van der Waals surface area contributed by atoms with E-state index in [1.165, 1.54) is 11.1 Å². The van der Waals surface area contributed by atoms with Crippen LogP contribution in [-0.4, -0.2) is 70.3 Å². The van der Waals surface area contributed by atoms with E-state index in [-0.39, 0.29) is 24.0 Å². The molecule has 0 saturated heterocycles. The van der Waals surface area contributed by atoms with E-state index < -0.39 is 0 Å². The molecule has 23 heavy (non-hydrogen) atoms. The number of hydrogen-bond acceptors (Lipinski definition) is 3. The Hall–Kier alpha value is -0.860. The Kier molecular flexibility index (Phi) is 12.1. The second-order valence-corrected chi connectivity index (χ2v) is 5.55. The number of benzene rings is 1. The van der Waals surface area contributed by atoms with Gasteiger partial charge in [-0.2, -0.15) is 0 Å². The number of aliphatic imine (C=N–C) groups is 1. The first-order valence-electron chi connectivity index (χ1n) is 7.72. The van der Waals surface area contributed by atoms with Crippen molar-refractivity contribution in [3.8, 4) is 0 Å². The van der Waals surface area contributed by atoms with Crippen LogP contribution in [0.25, 0.3) is 0 Å². The third-order valence-corrected chi connectivity index (χ3v) is 3.70. The molecule has 0 amide bonds. The predicted octanol–water partition coefficient (Wildman–Crippen LogP) is 2.20. The summed E-state index contributed by atoms with van der Waals surface area (Å²) in [6, 6.07) is 8.46. The molecule has 0 aromatic heterocycles. The molecule has 0 aliphatic heterocycles. The monoisotopic (exact) mass is 434 g/mol. The Bertz CT molecular complexity index is 468. The zero-order chi connectivity index (χ0) is 16.4. The van der Waals surface area contributed by atoms with E-state index in [4.69, 9.17) is 4.74 Å². The lowest BCUT2D eigenvalue weighted by Crippen LogP contribution is -2.42. The first-order valence-corrected chi connectivity index (χ1v) is 7.72. The topological polar surface area (TPSA) is 40.1 Å². The maximum atomic E-state index is 5.08. The SMILES string of the molecule is CN=C(NCCN(C)CCOC)N(C)Cc1ccccc1C.I. The van der Waals surface area contributed by atoms with Gasteiger partial charge in [0.2, 0.25) is 0 Å². The highest BCUT2D eigenvalue weighted by Crippen LogP contribution is 2.09. The van der Waals surface area contributed by atoms with E-state index >= 15 is 0 Å². The van der Waals surface area contributed by atoms with Gasteiger partial charge in [-0.05, 0) is 25.1 Å².